The van der Waals surface area contributed by atoms with E-state index in [1.54, 1.807) is 0 Å². The van der Waals surface area contributed by atoms with Crippen LogP contribution in [0.1, 0.15) is 26.2 Å². The van der Waals surface area contributed by atoms with Gasteiger partial charge in [0.1, 0.15) is 0 Å². The van der Waals surface area contributed by atoms with Crippen molar-refractivity contribution in [3.63, 3.8) is 0 Å². The van der Waals surface area contributed by atoms with E-state index in [-0.39, 0.29) is 0 Å². The fourth-order valence-corrected chi connectivity index (χ4v) is 3.69. The summed E-state index contributed by atoms with van der Waals surface area (Å²) in [5.41, 5.74) is 0. The average Bonchev–Trinajstić information content (AvgIpc) is 2.27. The van der Waals surface area contributed by atoms with Crippen LogP contribution in [-0.4, -0.2) is 21.2 Å². The van der Waals surface area contributed by atoms with Gasteiger partial charge in [0.15, 0.2) is 0 Å². The molecule has 1 aliphatic carbocycles. The van der Waals surface area contributed by atoms with E-state index < -0.39 is 0 Å². The Bertz CT molecular complexity index is 193. The first-order chi connectivity index (χ1) is 5.25. The molecule has 0 saturated heterocycles. The maximum Gasteiger partial charge on any atom is 0.0652 e. The molecule has 0 N–H and O–H groups in total. The zero-order chi connectivity index (χ0) is 7.84. The van der Waals surface area contributed by atoms with E-state index in [4.69, 9.17) is 0 Å². The van der Waals surface area contributed by atoms with Crippen LogP contribution in [0.5, 0.6) is 0 Å². The Morgan fingerprint density at radius 2 is 2.36 bits per heavy atom. The number of aliphatic imine (C=N–C) groups is 1. The van der Waals surface area contributed by atoms with Crippen molar-refractivity contribution >= 4 is 32.7 Å². The molecule has 0 amide bonds. The van der Waals surface area contributed by atoms with Crippen LogP contribution in [0, 0.1) is 0 Å². The van der Waals surface area contributed by atoms with Crippen molar-refractivity contribution in [2.24, 2.45) is 4.99 Å². The van der Waals surface area contributed by atoms with E-state index in [0.717, 1.165) is 10.1 Å². The molecule has 0 aromatic carbocycles. The van der Waals surface area contributed by atoms with E-state index in [1.807, 2.05) is 11.8 Å². The van der Waals surface area contributed by atoms with Crippen LogP contribution in [0.25, 0.3) is 0 Å². The van der Waals surface area contributed by atoms with Crippen molar-refractivity contribution in [3.8, 4) is 0 Å². The van der Waals surface area contributed by atoms with Crippen molar-refractivity contribution in [2.45, 2.75) is 42.3 Å². The standard InChI is InChI=1S/C8H12BrNS/c1-5-10-7-4-6(9)2-3-8(7)11-5/h6-8H,2-4H2,1H3/t6?,7?,8-/m0/s1. The molecule has 1 aliphatic heterocycles. The predicted molar refractivity (Wildman–Crippen MR) is 54.8 cm³/mol. The zero-order valence-electron chi connectivity index (χ0n) is 6.59. The lowest BCUT2D eigenvalue weighted by atomic mass is 9.95. The predicted octanol–water partition coefficient (Wildman–Crippen LogP) is 2.84. The summed E-state index contributed by atoms with van der Waals surface area (Å²) in [4.78, 5) is 5.33. The largest absolute Gasteiger partial charge is 0.279 e. The molecule has 0 bridgehead atoms. The third-order valence-electron chi connectivity index (χ3n) is 2.36. The van der Waals surface area contributed by atoms with E-state index in [2.05, 4.69) is 27.8 Å². The molecule has 1 heterocycles. The first kappa shape index (κ1) is 8.11. The lowest BCUT2D eigenvalue weighted by molar-refractivity contribution is 0.476. The molecule has 1 saturated carbocycles. The molecule has 0 aromatic heterocycles. The molecule has 11 heavy (non-hydrogen) atoms. The fraction of sp³-hybridized carbons (Fsp3) is 0.875. The van der Waals surface area contributed by atoms with Gasteiger partial charge in [0.2, 0.25) is 0 Å². The van der Waals surface area contributed by atoms with Gasteiger partial charge in [0, 0.05) is 10.1 Å². The van der Waals surface area contributed by atoms with Crippen molar-refractivity contribution < 1.29 is 0 Å². The van der Waals surface area contributed by atoms with Gasteiger partial charge >= 0.3 is 0 Å². The Hall–Kier alpha value is 0.500. The number of rotatable bonds is 0. The van der Waals surface area contributed by atoms with Crippen LogP contribution in [0.3, 0.4) is 0 Å². The highest BCUT2D eigenvalue weighted by atomic mass is 79.9. The summed E-state index contributed by atoms with van der Waals surface area (Å²) in [7, 11) is 0. The molecule has 62 valence electrons. The quantitative estimate of drug-likeness (QED) is 0.587. The number of thioether (sulfide) groups is 1. The summed E-state index contributed by atoms with van der Waals surface area (Å²) in [5, 5.41) is 2.10. The maximum atomic E-state index is 4.61. The number of hydrogen-bond donors (Lipinski definition) is 0. The van der Waals surface area contributed by atoms with Gasteiger partial charge in [-0.2, -0.15) is 0 Å². The lowest BCUT2D eigenvalue weighted by Crippen LogP contribution is -2.27. The molecule has 0 radical (unpaired) electrons. The van der Waals surface area contributed by atoms with Gasteiger partial charge in [-0.05, 0) is 26.2 Å². The number of fused-ring (bicyclic) bond motifs is 1. The van der Waals surface area contributed by atoms with Gasteiger partial charge in [0.25, 0.3) is 0 Å². The maximum absolute atomic E-state index is 4.61. The van der Waals surface area contributed by atoms with Gasteiger partial charge < -0.3 is 0 Å². The first-order valence-corrected chi connectivity index (χ1v) is 5.90. The number of nitrogens with zero attached hydrogens (tertiary/aromatic N) is 1. The normalized spacial score (nSPS) is 43.5. The minimum Gasteiger partial charge on any atom is -0.279 e. The van der Waals surface area contributed by atoms with Crippen LogP contribution in [0.2, 0.25) is 0 Å². The molecule has 3 atom stereocenters. The smallest absolute Gasteiger partial charge is 0.0652 e. The van der Waals surface area contributed by atoms with Gasteiger partial charge in [-0.25, -0.2) is 0 Å². The Labute approximate surface area is 80.2 Å². The topological polar surface area (TPSA) is 12.4 Å². The molecule has 1 fully saturated rings. The lowest BCUT2D eigenvalue weighted by Gasteiger charge is -2.25. The van der Waals surface area contributed by atoms with Crippen molar-refractivity contribution in [1.82, 2.24) is 0 Å². The molecule has 0 spiro atoms. The second-order valence-electron chi connectivity index (χ2n) is 3.28. The summed E-state index contributed by atoms with van der Waals surface area (Å²) >= 11 is 5.65. The minimum absolute atomic E-state index is 0.623. The molecule has 3 heteroatoms. The summed E-state index contributed by atoms with van der Waals surface area (Å²) in [6.45, 7) is 2.13. The Morgan fingerprint density at radius 1 is 1.55 bits per heavy atom. The molecule has 2 aliphatic rings. The van der Waals surface area contributed by atoms with Gasteiger partial charge in [-0.3, -0.25) is 4.99 Å². The van der Waals surface area contributed by atoms with Gasteiger partial charge in [-0.1, -0.05) is 15.9 Å². The van der Waals surface area contributed by atoms with Crippen molar-refractivity contribution in [3.05, 3.63) is 0 Å². The SMILES string of the molecule is CC1=NC2CC(Br)CC[C@@H]2S1. The van der Waals surface area contributed by atoms with Crippen molar-refractivity contribution in [2.75, 3.05) is 0 Å². The Balaban J connectivity index is 2.05. The summed E-state index contributed by atoms with van der Waals surface area (Å²) < 4.78 is 0. The number of hydrogen-bond acceptors (Lipinski definition) is 2. The summed E-state index contributed by atoms with van der Waals surface area (Å²) in [6, 6.07) is 0.623. The zero-order valence-corrected chi connectivity index (χ0v) is 8.99. The third kappa shape index (κ3) is 1.64. The Kier molecular flexibility index (Phi) is 2.28. The molecular weight excluding hydrogens is 222 g/mol. The number of halogens is 1. The van der Waals surface area contributed by atoms with E-state index in [1.165, 1.54) is 24.3 Å². The Morgan fingerprint density at radius 3 is 3.18 bits per heavy atom. The second kappa shape index (κ2) is 3.09. The fourth-order valence-electron chi connectivity index (χ4n) is 1.83. The summed E-state index contributed by atoms with van der Waals surface area (Å²) in [6.07, 6.45) is 3.91. The van der Waals surface area contributed by atoms with E-state index >= 15 is 0 Å². The average molecular weight is 234 g/mol. The number of alkyl halides is 1. The molecule has 2 unspecified atom stereocenters. The molecule has 2 rings (SSSR count). The summed E-state index contributed by atoms with van der Waals surface area (Å²) in [5.74, 6) is 0. The minimum atomic E-state index is 0.623. The first-order valence-electron chi connectivity index (χ1n) is 4.11. The van der Waals surface area contributed by atoms with Crippen molar-refractivity contribution in [1.29, 1.82) is 0 Å². The van der Waals surface area contributed by atoms with Gasteiger partial charge in [-0.15, -0.1) is 11.8 Å². The van der Waals surface area contributed by atoms with E-state index in [9.17, 15) is 0 Å². The third-order valence-corrected chi connectivity index (χ3v) is 4.49. The van der Waals surface area contributed by atoms with Crippen LogP contribution in [-0.2, 0) is 0 Å². The highest BCUT2D eigenvalue weighted by molar-refractivity contribution is 9.09. The van der Waals surface area contributed by atoms with Crippen LogP contribution < -0.4 is 0 Å². The molecule has 1 nitrogen and oxygen atoms in total. The van der Waals surface area contributed by atoms with Crippen LogP contribution >= 0.6 is 27.7 Å². The van der Waals surface area contributed by atoms with Crippen LogP contribution in [0.4, 0.5) is 0 Å². The second-order valence-corrected chi connectivity index (χ2v) is 6.01. The monoisotopic (exact) mass is 233 g/mol. The van der Waals surface area contributed by atoms with Gasteiger partial charge in [0.05, 0.1) is 11.1 Å². The van der Waals surface area contributed by atoms with E-state index in [0.29, 0.717) is 6.04 Å². The molecular formula is C8H12BrNS. The highest BCUT2D eigenvalue weighted by Gasteiger charge is 2.33. The molecule has 0 aromatic rings. The highest BCUT2D eigenvalue weighted by Crippen LogP contribution is 2.38. The van der Waals surface area contributed by atoms with Crippen LogP contribution in [0.15, 0.2) is 4.99 Å².